The molecule has 194 valence electrons. The lowest BCUT2D eigenvalue weighted by molar-refractivity contribution is -0.148. The van der Waals surface area contributed by atoms with Crippen LogP contribution in [0.2, 0.25) is 0 Å². The molecule has 0 radical (unpaired) electrons. The first-order valence-corrected chi connectivity index (χ1v) is 13.9. The van der Waals surface area contributed by atoms with Gasteiger partial charge in [-0.05, 0) is 32.6 Å². The van der Waals surface area contributed by atoms with Gasteiger partial charge in [0.05, 0.1) is 29.2 Å². The van der Waals surface area contributed by atoms with Gasteiger partial charge in [-0.15, -0.1) is 11.8 Å². The van der Waals surface area contributed by atoms with Crippen molar-refractivity contribution in [3.63, 3.8) is 0 Å². The molecule has 0 saturated carbocycles. The smallest absolute Gasteiger partial charge is 0.247 e. The molecule has 3 amide bonds. The molecule has 2 unspecified atom stereocenters. The molecule has 0 aliphatic carbocycles. The zero-order valence-corrected chi connectivity index (χ0v) is 22.8. The minimum absolute atomic E-state index is 0.0427. The summed E-state index contributed by atoms with van der Waals surface area (Å²) in [5.41, 5.74) is 0. The fourth-order valence-electron chi connectivity index (χ4n) is 6.78. The van der Waals surface area contributed by atoms with E-state index in [1.165, 1.54) is 0 Å². The van der Waals surface area contributed by atoms with E-state index in [-0.39, 0.29) is 36.3 Å². The Morgan fingerprint density at radius 1 is 1.06 bits per heavy atom. The predicted molar refractivity (Wildman–Crippen MR) is 139 cm³/mol. The lowest BCUT2D eigenvalue weighted by atomic mass is 9.74. The van der Waals surface area contributed by atoms with Crippen molar-refractivity contribution in [1.82, 2.24) is 14.7 Å². The molecule has 4 aliphatic rings. The number of hydrogen-bond donors (Lipinski definition) is 1. The predicted octanol–water partition coefficient (Wildman–Crippen LogP) is 2.70. The molecule has 0 aromatic rings. The van der Waals surface area contributed by atoms with E-state index >= 15 is 0 Å². The number of fused-ring (bicyclic) bond motifs is 2. The van der Waals surface area contributed by atoms with E-state index in [4.69, 9.17) is 0 Å². The van der Waals surface area contributed by atoms with Gasteiger partial charge < -0.3 is 19.8 Å². The quantitative estimate of drug-likeness (QED) is 0.541. The van der Waals surface area contributed by atoms with E-state index in [1.807, 2.05) is 24.0 Å². The number of amides is 3. The molecule has 0 aromatic carbocycles. The molecule has 35 heavy (non-hydrogen) atoms. The molecular formula is C27H41N3O4S. The zero-order chi connectivity index (χ0) is 25.7. The maximum Gasteiger partial charge on any atom is 0.247 e. The number of thioether (sulfide) groups is 1. The Morgan fingerprint density at radius 3 is 2.37 bits per heavy atom. The van der Waals surface area contributed by atoms with Gasteiger partial charge in [-0.2, -0.15) is 0 Å². The average molecular weight is 504 g/mol. The Balaban J connectivity index is 1.89. The van der Waals surface area contributed by atoms with Gasteiger partial charge in [0.1, 0.15) is 6.04 Å². The number of hydrogen-bond acceptors (Lipinski definition) is 5. The number of rotatable bonds is 7. The molecule has 1 spiro atoms. The van der Waals surface area contributed by atoms with Gasteiger partial charge in [0.15, 0.2) is 0 Å². The lowest BCUT2D eigenvalue weighted by Gasteiger charge is -2.41. The highest BCUT2D eigenvalue weighted by atomic mass is 32.2. The third-order valence-corrected chi connectivity index (χ3v) is 10.1. The Bertz CT molecular complexity index is 935. The number of aliphatic hydroxyl groups excluding tert-OH is 1. The molecule has 4 rings (SSSR count). The lowest BCUT2D eigenvalue weighted by Crippen LogP contribution is -2.58. The molecule has 1 N–H and O–H groups in total. The van der Waals surface area contributed by atoms with E-state index in [0.29, 0.717) is 19.5 Å². The van der Waals surface area contributed by atoms with Crippen molar-refractivity contribution < 1.29 is 19.5 Å². The van der Waals surface area contributed by atoms with Crippen LogP contribution >= 0.6 is 11.8 Å². The van der Waals surface area contributed by atoms with Gasteiger partial charge in [0.25, 0.3) is 0 Å². The van der Waals surface area contributed by atoms with Crippen LogP contribution in [0.25, 0.3) is 0 Å². The van der Waals surface area contributed by atoms with Crippen LogP contribution in [0.1, 0.15) is 53.9 Å². The first-order chi connectivity index (χ1) is 16.5. The maximum absolute atomic E-state index is 14.4. The van der Waals surface area contributed by atoms with Gasteiger partial charge in [0.2, 0.25) is 17.7 Å². The van der Waals surface area contributed by atoms with Crippen LogP contribution in [-0.2, 0) is 14.4 Å². The van der Waals surface area contributed by atoms with Gasteiger partial charge in [0, 0.05) is 30.9 Å². The third-order valence-electron chi connectivity index (χ3n) is 8.31. The fourth-order valence-corrected chi connectivity index (χ4v) is 8.93. The molecule has 2 saturated heterocycles. The van der Waals surface area contributed by atoms with Crippen LogP contribution < -0.4 is 0 Å². The number of likely N-dealkylation sites (N-methyl/N-ethyl adjacent to an activating group) is 1. The molecule has 7 atom stereocenters. The van der Waals surface area contributed by atoms with Gasteiger partial charge >= 0.3 is 0 Å². The van der Waals surface area contributed by atoms with Crippen molar-refractivity contribution in [2.45, 2.75) is 81.5 Å². The molecule has 7 nitrogen and oxygen atoms in total. The van der Waals surface area contributed by atoms with E-state index < -0.39 is 33.4 Å². The summed E-state index contributed by atoms with van der Waals surface area (Å²) in [7, 11) is 1.78. The number of carbonyl (C=O) groups is 3. The number of nitrogens with zero attached hydrogens (tertiary/aromatic N) is 3. The van der Waals surface area contributed by atoms with Crippen molar-refractivity contribution in [3.05, 3.63) is 24.3 Å². The summed E-state index contributed by atoms with van der Waals surface area (Å²) in [5, 5.41) is 10.4. The topological polar surface area (TPSA) is 81.2 Å². The van der Waals surface area contributed by atoms with Gasteiger partial charge in [-0.1, -0.05) is 51.5 Å². The molecule has 0 aromatic heterocycles. The standard InChI is InChI=1S/C27H41N3O4S/c1-7-10-18(4)29-14-9-12-27-21(20-23(32)28(6)13-8-11-26(20,5)35-27)24(33)30(22(27)25(29)34)19(16-31)15-17(2)3/h8-9,11-12,17-22,31H,7,10,13-16H2,1-6H3/t18?,19-,20+,21+,22?,26-,27+/m1/s1. The highest BCUT2D eigenvalue weighted by Gasteiger charge is 2.74. The monoisotopic (exact) mass is 503 g/mol. The summed E-state index contributed by atoms with van der Waals surface area (Å²) in [5.74, 6) is -1.25. The van der Waals surface area contributed by atoms with E-state index in [9.17, 15) is 19.5 Å². The third kappa shape index (κ3) is 4.05. The van der Waals surface area contributed by atoms with Crippen molar-refractivity contribution in [2.75, 3.05) is 26.7 Å². The molecule has 4 aliphatic heterocycles. The summed E-state index contributed by atoms with van der Waals surface area (Å²) in [6.07, 6.45) is 10.6. The van der Waals surface area contributed by atoms with Crippen LogP contribution in [0.5, 0.6) is 0 Å². The van der Waals surface area contributed by atoms with Crippen LogP contribution in [0.15, 0.2) is 24.3 Å². The van der Waals surface area contributed by atoms with Crippen molar-refractivity contribution in [3.8, 4) is 0 Å². The number of likely N-dealkylation sites (tertiary alicyclic amines) is 1. The second-order valence-corrected chi connectivity index (χ2v) is 13.2. The Labute approximate surface area is 214 Å². The van der Waals surface area contributed by atoms with Crippen LogP contribution in [0, 0.1) is 17.8 Å². The Morgan fingerprint density at radius 2 is 1.74 bits per heavy atom. The van der Waals surface area contributed by atoms with E-state index in [2.05, 4.69) is 39.8 Å². The SMILES string of the molecule is CCCC(C)N1CC=C[C@]23S[C@]4(C)C=CCN(C)C(=O)[C@@H]4[C@H]2C(=O)N([C@@H](CO)CC(C)C)C3C1=O. The first kappa shape index (κ1) is 26.3. The maximum atomic E-state index is 14.4. The minimum Gasteiger partial charge on any atom is -0.394 e. The number of aliphatic hydroxyl groups is 1. The number of carbonyl (C=O) groups excluding carboxylic acids is 3. The van der Waals surface area contributed by atoms with Gasteiger partial charge in [-0.25, -0.2) is 0 Å². The second kappa shape index (κ2) is 9.58. The highest BCUT2D eigenvalue weighted by molar-refractivity contribution is 8.02. The molecule has 2 fully saturated rings. The first-order valence-electron chi connectivity index (χ1n) is 13.1. The summed E-state index contributed by atoms with van der Waals surface area (Å²) in [6.45, 7) is 11.1. The van der Waals surface area contributed by atoms with E-state index in [1.54, 1.807) is 28.6 Å². The fraction of sp³-hybridized carbons (Fsp3) is 0.741. The summed E-state index contributed by atoms with van der Waals surface area (Å²) in [4.78, 5) is 47.6. The largest absolute Gasteiger partial charge is 0.394 e. The van der Waals surface area contributed by atoms with Crippen LogP contribution in [0.3, 0.4) is 0 Å². The minimum atomic E-state index is -0.850. The van der Waals surface area contributed by atoms with Crippen molar-refractivity contribution in [1.29, 1.82) is 0 Å². The summed E-state index contributed by atoms with van der Waals surface area (Å²) in [6, 6.07) is -1.16. The zero-order valence-electron chi connectivity index (χ0n) is 21.9. The Kier molecular flexibility index (Phi) is 7.19. The molecule has 0 bridgehead atoms. The second-order valence-electron chi connectivity index (χ2n) is 11.4. The van der Waals surface area contributed by atoms with E-state index in [0.717, 1.165) is 12.8 Å². The summed E-state index contributed by atoms with van der Waals surface area (Å²) < 4.78 is -1.44. The van der Waals surface area contributed by atoms with Crippen molar-refractivity contribution >= 4 is 29.5 Å². The summed E-state index contributed by atoms with van der Waals surface area (Å²) >= 11 is 1.60. The van der Waals surface area contributed by atoms with Gasteiger partial charge in [-0.3, -0.25) is 14.4 Å². The highest BCUT2D eigenvalue weighted by Crippen LogP contribution is 2.65. The molecule has 4 heterocycles. The van der Waals surface area contributed by atoms with Crippen LogP contribution in [0.4, 0.5) is 0 Å². The normalized spacial score (nSPS) is 36.3. The molecule has 8 heteroatoms. The Hall–Kier alpha value is -1.80. The van der Waals surface area contributed by atoms with Crippen LogP contribution in [-0.4, -0.2) is 91.9 Å². The average Bonchev–Trinajstić information content (AvgIpc) is 3.07. The molecular weight excluding hydrogens is 462 g/mol. The van der Waals surface area contributed by atoms with Crippen molar-refractivity contribution in [2.24, 2.45) is 17.8 Å².